The minimum atomic E-state index is -4.87. The van der Waals surface area contributed by atoms with E-state index in [1.54, 1.807) is 0 Å². The molecular formula is C44H80O14P2. The lowest BCUT2D eigenvalue weighted by molar-refractivity contribution is -0.161. The van der Waals surface area contributed by atoms with Crippen LogP contribution in [0.5, 0.6) is 0 Å². The Morgan fingerprint density at radius 3 is 1.58 bits per heavy atom. The summed E-state index contributed by atoms with van der Waals surface area (Å²) in [5.74, 6) is -0.326. The first-order valence-electron chi connectivity index (χ1n) is 22.3. The highest BCUT2D eigenvalue weighted by atomic mass is 31.2. The van der Waals surface area contributed by atoms with Crippen LogP contribution >= 0.6 is 15.6 Å². The zero-order chi connectivity index (χ0) is 44.7. The van der Waals surface area contributed by atoms with Gasteiger partial charge in [0.1, 0.15) is 12.7 Å². The molecule has 0 heterocycles. The summed E-state index contributed by atoms with van der Waals surface area (Å²) in [7, 11) is -9.70. The van der Waals surface area contributed by atoms with E-state index in [4.69, 9.17) is 23.8 Å². The highest BCUT2D eigenvalue weighted by molar-refractivity contribution is 7.47. The Bertz CT molecular complexity index is 1280. The number of aliphatic hydroxyl groups excluding tert-OH is 2. The van der Waals surface area contributed by atoms with E-state index in [-0.39, 0.29) is 18.9 Å². The van der Waals surface area contributed by atoms with Crippen molar-refractivity contribution in [1.82, 2.24) is 0 Å². The number of phosphoric ester groups is 2. The fraction of sp³-hybridized carbons (Fsp3) is 0.773. The van der Waals surface area contributed by atoms with Gasteiger partial charge in [-0.3, -0.25) is 23.2 Å². The molecule has 0 amide bonds. The number of unbranched alkanes of at least 4 members (excludes halogenated alkanes) is 12. The molecule has 0 aliphatic heterocycles. The van der Waals surface area contributed by atoms with E-state index in [0.717, 1.165) is 57.3 Å². The van der Waals surface area contributed by atoms with Crippen LogP contribution < -0.4 is 0 Å². The predicted octanol–water partition coefficient (Wildman–Crippen LogP) is 10.3. The second-order valence-corrected chi connectivity index (χ2v) is 18.3. The van der Waals surface area contributed by atoms with Crippen LogP contribution in [0.2, 0.25) is 0 Å². The Morgan fingerprint density at radius 1 is 0.550 bits per heavy atom. The first-order chi connectivity index (χ1) is 28.6. The van der Waals surface area contributed by atoms with E-state index in [1.165, 1.54) is 57.8 Å². The van der Waals surface area contributed by atoms with Gasteiger partial charge in [0, 0.05) is 12.8 Å². The predicted molar refractivity (Wildman–Crippen MR) is 236 cm³/mol. The number of esters is 2. The molecule has 0 bridgehead atoms. The SMILES string of the molecule is CCCC(O)C/C=C\C/C=C\C/C=C\C/C=C\CCCC(=O)O[C@H](COC(=O)CCCCCCCCCCCCCCC(C)C)COP(=O)(O)OC[C@@H](O)COP(=O)(O)O. The summed E-state index contributed by atoms with van der Waals surface area (Å²) in [6.45, 7) is 3.81. The van der Waals surface area contributed by atoms with Crippen molar-refractivity contribution in [3.05, 3.63) is 48.6 Å². The Kier molecular flexibility index (Phi) is 37.4. The molecule has 0 fully saturated rings. The van der Waals surface area contributed by atoms with Gasteiger partial charge in [0.2, 0.25) is 0 Å². The van der Waals surface area contributed by atoms with E-state index in [1.807, 2.05) is 18.2 Å². The van der Waals surface area contributed by atoms with Gasteiger partial charge in [0.05, 0.1) is 25.9 Å². The number of phosphoric acid groups is 2. The third kappa shape index (κ3) is 42.7. The number of allylic oxidation sites excluding steroid dienone is 7. The molecule has 0 saturated heterocycles. The smallest absolute Gasteiger partial charge is 0.462 e. The molecule has 60 heavy (non-hydrogen) atoms. The van der Waals surface area contributed by atoms with E-state index in [0.29, 0.717) is 25.7 Å². The van der Waals surface area contributed by atoms with Crippen LogP contribution in [0, 0.1) is 5.92 Å². The molecule has 0 radical (unpaired) electrons. The number of aliphatic hydroxyl groups is 2. The minimum Gasteiger partial charge on any atom is -0.462 e. The van der Waals surface area contributed by atoms with Gasteiger partial charge in [-0.2, -0.15) is 0 Å². The zero-order valence-corrected chi connectivity index (χ0v) is 38.6. The maximum Gasteiger partial charge on any atom is 0.472 e. The maximum atomic E-state index is 12.6. The van der Waals surface area contributed by atoms with Gasteiger partial charge in [0.25, 0.3) is 0 Å². The van der Waals surface area contributed by atoms with Gasteiger partial charge in [-0.25, -0.2) is 9.13 Å². The van der Waals surface area contributed by atoms with E-state index >= 15 is 0 Å². The van der Waals surface area contributed by atoms with Crippen LogP contribution in [-0.2, 0) is 41.8 Å². The topological polar surface area (TPSA) is 216 Å². The summed E-state index contributed by atoms with van der Waals surface area (Å²) in [5.41, 5.74) is 0. The molecule has 0 aliphatic rings. The fourth-order valence-electron chi connectivity index (χ4n) is 5.83. The Morgan fingerprint density at radius 2 is 1.03 bits per heavy atom. The van der Waals surface area contributed by atoms with Crippen molar-refractivity contribution in [3.63, 3.8) is 0 Å². The summed E-state index contributed by atoms with van der Waals surface area (Å²) in [6, 6.07) is 0. The third-order valence-corrected chi connectivity index (χ3v) is 10.6. The number of rotatable bonds is 41. The Labute approximate surface area is 361 Å². The van der Waals surface area contributed by atoms with Crippen LogP contribution in [0.3, 0.4) is 0 Å². The molecule has 14 nitrogen and oxygen atoms in total. The van der Waals surface area contributed by atoms with Crippen molar-refractivity contribution < 1.29 is 66.7 Å². The molecule has 0 spiro atoms. The average Bonchev–Trinajstić information content (AvgIpc) is 3.18. The molecule has 16 heteroatoms. The molecule has 0 aromatic rings. The first kappa shape index (κ1) is 58.0. The molecule has 2 unspecified atom stereocenters. The van der Waals surface area contributed by atoms with Crippen molar-refractivity contribution in [2.24, 2.45) is 5.92 Å². The Hall–Kier alpha value is -1.96. The molecule has 0 aromatic carbocycles. The van der Waals surface area contributed by atoms with Crippen molar-refractivity contribution >= 4 is 27.6 Å². The quantitative estimate of drug-likeness (QED) is 0.0167. The molecule has 0 rings (SSSR count). The molecular weight excluding hydrogens is 814 g/mol. The highest BCUT2D eigenvalue weighted by Gasteiger charge is 2.28. The van der Waals surface area contributed by atoms with E-state index in [2.05, 4.69) is 60.2 Å². The molecule has 4 atom stereocenters. The summed E-state index contributed by atoms with van der Waals surface area (Å²) in [4.78, 5) is 52.7. The number of carbonyl (C=O) groups excluding carboxylic acids is 2. The van der Waals surface area contributed by atoms with E-state index in [9.17, 15) is 33.8 Å². The standard InChI is InChI=1S/C44H80O14P2/c1-4-30-40(45)32-27-23-19-15-11-6-5-7-13-17-21-25-29-34-44(48)58-42(38-57-60(52,53)56-36-41(46)35-55-59(49,50)51)37-54-43(47)33-28-24-20-16-12-9-8-10-14-18-22-26-31-39(2)3/h5,7,11,15,17,21,23,27,39-42,45-46H,4,6,8-10,12-14,16,18-20,22,24-26,28-38H2,1-3H3,(H,52,53)(H2,49,50,51)/b7-5-,15-11-,21-17-,27-23-/t40?,41-,42+/m0/s1. The molecule has 350 valence electrons. The number of hydrogen-bond acceptors (Lipinski definition) is 11. The van der Waals surface area contributed by atoms with Crippen LogP contribution in [0.15, 0.2) is 48.6 Å². The van der Waals surface area contributed by atoms with Crippen molar-refractivity contribution in [2.45, 2.75) is 187 Å². The van der Waals surface area contributed by atoms with Crippen molar-refractivity contribution in [2.75, 3.05) is 26.4 Å². The molecule has 0 aliphatic carbocycles. The normalized spacial score (nSPS) is 15.1. The van der Waals surface area contributed by atoms with Gasteiger partial charge in [0.15, 0.2) is 6.10 Å². The Balaban J connectivity index is 4.62. The second kappa shape index (κ2) is 38.7. The van der Waals surface area contributed by atoms with Gasteiger partial charge in [-0.1, -0.05) is 153 Å². The fourth-order valence-corrected chi connectivity index (χ4v) is 6.99. The number of hydrogen-bond donors (Lipinski definition) is 5. The average molecular weight is 895 g/mol. The molecule has 0 aromatic heterocycles. The maximum absolute atomic E-state index is 12.6. The van der Waals surface area contributed by atoms with Crippen molar-refractivity contribution in [1.29, 1.82) is 0 Å². The molecule has 0 saturated carbocycles. The lowest BCUT2D eigenvalue weighted by atomic mass is 10.0. The molecule has 5 N–H and O–H groups in total. The van der Waals surface area contributed by atoms with Gasteiger partial charge < -0.3 is 34.4 Å². The second-order valence-electron chi connectivity index (χ2n) is 15.6. The van der Waals surface area contributed by atoms with Crippen LogP contribution in [-0.4, -0.2) is 81.6 Å². The number of carbonyl (C=O) groups is 2. The van der Waals surface area contributed by atoms with Crippen LogP contribution in [0.4, 0.5) is 0 Å². The number of ether oxygens (including phenoxy) is 2. The zero-order valence-electron chi connectivity index (χ0n) is 36.8. The van der Waals surface area contributed by atoms with Crippen LogP contribution in [0.1, 0.15) is 168 Å². The summed E-state index contributed by atoms with van der Waals surface area (Å²) in [6.07, 6.45) is 34.6. The van der Waals surface area contributed by atoms with Gasteiger partial charge in [-0.15, -0.1) is 0 Å². The third-order valence-electron chi connectivity index (χ3n) is 9.19. The highest BCUT2D eigenvalue weighted by Crippen LogP contribution is 2.43. The summed E-state index contributed by atoms with van der Waals surface area (Å²) in [5, 5.41) is 19.5. The van der Waals surface area contributed by atoms with Crippen molar-refractivity contribution in [3.8, 4) is 0 Å². The largest absolute Gasteiger partial charge is 0.472 e. The lowest BCUT2D eigenvalue weighted by Gasteiger charge is -2.20. The summed E-state index contributed by atoms with van der Waals surface area (Å²) < 4.78 is 47.7. The first-order valence-corrected chi connectivity index (χ1v) is 25.3. The summed E-state index contributed by atoms with van der Waals surface area (Å²) >= 11 is 0. The monoisotopic (exact) mass is 895 g/mol. The minimum absolute atomic E-state index is 0.0406. The van der Waals surface area contributed by atoms with Crippen LogP contribution in [0.25, 0.3) is 0 Å². The lowest BCUT2D eigenvalue weighted by Crippen LogP contribution is -2.29. The van der Waals surface area contributed by atoms with Gasteiger partial charge in [-0.05, 0) is 57.3 Å². The van der Waals surface area contributed by atoms with Gasteiger partial charge >= 0.3 is 27.6 Å². The van der Waals surface area contributed by atoms with E-state index < -0.39 is 66.2 Å².